The van der Waals surface area contributed by atoms with E-state index in [0.717, 1.165) is 25.0 Å². The van der Waals surface area contributed by atoms with E-state index in [9.17, 15) is 4.79 Å². The Hall–Kier alpha value is -2.47. The molecule has 2 aromatic rings. The Morgan fingerprint density at radius 3 is 2.65 bits per heavy atom. The van der Waals surface area contributed by atoms with Crippen molar-refractivity contribution < 1.29 is 9.53 Å². The predicted molar refractivity (Wildman–Crippen MR) is 102 cm³/mol. The van der Waals surface area contributed by atoms with Crippen molar-refractivity contribution in [3.63, 3.8) is 0 Å². The second-order valence-electron chi connectivity index (χ2n) is 6.32. The number of anilines is 1. The molecule has 0 saturated carbocycles. The minimum Gasteiger partial charge on any atom is -0.376 e. The summed E-state index contributed by atoms with van der Waals surface area (Å²) in [5.41, 5.74) is 1.30. The van der Waals surface area contributed by atoms with Crippen LogP contribution in [-0.4, -0.2) is 53.1 Å². The van der Waals surface area contributed by atoms with Gasteiger partial charge in [-0.3, -0.25) is 4.79 Å². The molecule has 138 valence electrons. The van der Waals surface area contributed by atoms with Crippen molar-refractivity contribution in [1.82, 2.24) is 14.9 Å². The molecular weight excluding hydrogens is 328 g/mol. The number of nitrogens with zero attached hydrogens (tertiary/aromatic N) is 3. The molecule has 3 rings (SSSR count). The summed E-state index contributed by atoms with van der Waals surface area (Å²) in [4.78, 5) is 23.7. The Labute approximate surface area is 154 Å². The monoisotopic (exact) mass is 354 g/mol. The third kappa shape index (κ3) is 4.38. The zero-order valence-electron chi connectivity index (χ0n) is 15.4. The van der Waals surface area contributed by atoms with Gasteiger partial charge in [-0.1, -0.05) is 30.3 Å². The summed E-state index contributed by atoms with van der Waals surface area (Å²) in [7, 11) is 0. The molecule has 1 aromatic carbocycles. The average Bonchev–Trinajstić information content (AvgIpc) is 3.21. The van der Waals surface area contributed by atoms with Gasteiger partial charge in [0, 0.05) is 37.9 Å². The molecule has 6 heteroatoms. The Morgan fingerprint density at radius 2 is 2.00 bits per heavy atom. The Morgan fingerprint density at radius 1 is 1.23 bits per heavy atom. The normalized spacial score (nSPS) is 16.5. The van der Waals surface area contributed by atoms with Gasteiger partial charge in [0.15, 0.2) is 5.82 Å². The lowest BCUT2D eigenvalue weighted by atomic mass is 10.2. The quantitative estimate of drug-likeness (QED) is 0.827. The molecule has 6 nitrogen and oxygen atoms in total. The number of hydrogen-bond acceptors (Lipinski definition) is 5. The predicted octanol–water partition coefficient (Wildman–Crippen LogP) is 3.22. The molecule has 1 saturated heterocycles. The SMILES string of the molecule is CCN(CC)C(=O)c1cc(NCC2CCCO2)nc(-c2ccccc2)n1. The summed E-state index contributed by atoms with van der Waals surface area (Å²) in [5, 5.41) is 3.32. The average molecular weight is 354 g/mol. The lowest BCUT2D eigenvalue weighted by molar-refractivity contribution is 0.0767. The molecule has 26 heavy (non-hydrogen) atoms. The number of rotatable bonds is 7. The highest BCUT2D eigenvalue weighted by molar-refractivity contribution is 5.93. The molecule has 1 aromatic heterocycles. The Bertz CT molecular complexity index is 726. The summed E-state index contributed by atoms with van der Waals surface area (Å²) < 4.78 is 5.66. The molecule has 1 N–H and O–H groups in total. The van der Waals surface area contributed by atoms with Crippen molar-refractivity contribution >= 4 is 11.7 Å². The summed E-state index contributed by atoms with van der Waals surface area (Å²) in [5.74, 6) is 1.14. The van der Waals surface area contributed by atoms with Gasteiger partial charge in [-0.05, 0) is 26.7 Å². The van der Waals surface area contributed by atoms with E-state index in [1.165, 1.54) is 0 Å². The van der Waals surface area contributed by atoms with E-state index < -0.39 is 0 Å². The van der Waals surface area contributed by atoms with Crippen molar-refractivity contribution in [3.05, 3.63) is 42.1 Å². The van der Waals surface area contributed by atoms with Crippen molar-refractivity contribution in [2.45, 2.75) is 32.8 Å². The first-order chi connectivity index (χ1) is 12.7. The standard InChI is InChI=1S/C20H26N4O2/c1-3-24(4-2)20(25)17-13-18(21-14-16-11-8-12-26-16)23-19(22-17)15-9-6-5-7-10-15/h5-7,9-10,13,16H,3-4,8,11-12,14H2,1-2H3,(H,21,22,23). The highest BCUT2D eigenvalue weighted by Gasteiger charge is 2.19. The number of carbonyl (C=O) groups excluding carboxylic acids is 1. The molecule has 0 bridgehead atoms. The second kappa shape index (κ2) is 8.76. The number of ether oxygens (including phenoxy) is 1. The largest absolute Gasteiger partial charge is 0.376 e. The fourth-order valence-electron chi connectivity index (χ4n) is 3.06. The highest BCUT2D eigenvalue weighted by Crippen LogP contribution is 2.20. The molecule has 0 aliphatic carbocycles. The zero-order valence-corrected chi connectivity index (χ0v) is 15.4. The fourth-order valence-corrected chi connectivity index (χ4v) is 3.06. The van der Waals surface area contributed by atoms with Gasteiger partial charge in [0.25, 0.3) is 5.91 Å². The first-order valence-electron chi connectivity index (χ1n) is 9.30. The van der Waals surface area contributed by atoms with E-state index in [1.807, 2.05) is 44.2 Å². The summed E-state index contributed by atoms with van der Waals surface area (Å²) in [6.07, 6.45) is 2.35. The third-order valence-corrected chi connectivity index (χ3v) is 4.56. The topological polar surface area (TPSA) is 67.4 Å². The number of benzene rings is 1. The maximum atomic E-state index is 12.8. The van der Waals surface area contributed by atoms with E-state index in [4.69, 9.17) is 4.74 Å². The molecule has 1 fully saturated rings. The Balaban J connectivity index is 1.89. The van der Waals surface area contributed by atoms with Gasteiger partial charge >= 0.3 is 0 Å². The molecule has 1 atom stereocenters. The van der Waals surface area contributed by atoms with Crippen LogP contribution >= 0.6 is 0 Å². The van der Waals surface area contributed by atoms with Crippen molar-refractivity contribution in [2.75, 3.05) is 31.6 Å². The summed E-state index contributed by atoms with van der Waals surface area (Å²) in [6, 6.07) is 11.5. The van der Waals surface area contributed by atoms with Crippen LogP contribution in [-0.2, 0) is 4.74 Å². The zero-order chi connectivity index (χ0) is 18.4. The van der Waals surface area contributed by atoms with Crippen LogP contribution in [0.4, 0.5) is 5.82 Å². The maximum Gasteiger partial charge on any atom is 0.272 e. The van der Waals surface area contributed by atoms with Crippen LogP contribution in [0.15, 0.2) is 36.4 Å². The molecular formula is C20H26N4O2. The van der Waals surface area contributed by atoms with E-state index in [1.54, 1.807) is 11.0 Å². The van der Waals surface area contributed by atoms with Gasteiger partial charge < -0.3 is 15.0 Å². The first-order valence-corrected chi connectivity index (χ1v) is 9.30. The van der Waals surface area contributed by atoms with Gasteiger partial charge in [-0.15, -0.1) is 0 Å². The van der Waals surface area contributed by atoms with E-state index in [2.05, 4.69) is 15.3 Å². The van der Waals surface area contributed by atoms with Crippen LogP contribution in [0.25, 0.3) is 11.4 Å². The highest BCUT2D eigenvalue weighted by atomic mass is 16.5. The van der Waals surface area contributed by atoms with E-state index >= 15 is 0 Å². The molecule has 1 amide bonds. The van der Waals surface area contributed by atoms with Crippen molar-refractivity contribution in [3.8, 4) is 11.4 Å². The van der Waals surface area contributed by atoms with Gasteiger partial charge in [0.1, 0.15) is 11.5 Å². The van der Waals surface area contributed by atoms with Crippen molar-refractivity contribution in [2.24, 2.45) is 0 Å². The number of carbonyl (C=O) groups is 1. The van der Waals surface area contributed by atoms with Gasteiger partial charge in [-0.2, -0.15) is 0 Å². The van der Waals surface area contributed by atoms with Crippen LogP contribution in [0, 0.1) is 0 Å². The van der Waals surface area contributed by atoms with Crippen molar-refractivity contribution in [1.29, 1.82) is 0 Å². The van der Waals surface area contributed by atoms with Crippen LogP contribution < -0.4 is 5.32 Å². The number of aromatic nitrogens is 2. The smallest absolute Gasteiger partial charge is 0.272 e. The maximum absolute atomic E-state index is 12.8. The minimum absolute atomic E-state index is 0.0743. The van der Waals surface area contributed by atoms with Gasteiger partial charge in [0.2, 0.25) is 0 Å². The molecule has 1 unspecified atom stereocenters. The lowest BCUT2D eigenvalue weighted by Crippen LogP contribution is -2.31. The van der Waals surface area contributed by atoms with Crippen LogP contribution in [0.5, 0.6) is 0 Å². The minimum atomic E-state index is -0.0743. The van der Waals surface area contributed by atoms with Gasteiger partial charge in [-0.25, -0.2) is 9.97 Å². The molecule has 2 heterocycles. The van der Waals surface area contributed by atoms with Crippen LogP contribution in [0.1, 0.15) is 37.2 Å². The fraction of sp³-hybridized carbons (Fsp3) is 0.450. The lowest BCUT2D eigenvalue weighted by Gasteiger charge is -2.19. The van der Waals surface area contributed by atoms with Gasteiger partial charge in [0.05, 0.1) is 6.10 Å². The Kier molecular flexibility index (Phi) is 6.17. The number of hydrogen-bond donors (Lipinski definition) is 1. The van der Waals surface area contributed by atoms with Crippen LogP contribution in [0.2, 0.25) is 0 Å². The second-order valence-corrected chi connectivity index (χ2v) is 6.32. The van der Waals surface area contributed by atoms with Crippen LogP contribution in [0.3, 0.4) is 0 Å². The molecule has 0 spiro atoms. The number of nitrogens with one attached hydrogen (secondary N) is 1. The first kappa shape index (κ1) is 18.3. The molecule has 1 aliphatic heterocycles. The molecule has 0 radical (unpaired) electrons. The number of amides is 1. The third-order valence-electron chi connectivity index (χ3n) is 4.56. The molecule has 1 aliphatic rings. The van der Waals surface area contributed by atoms with E-state index in [-0.39, 0.29) is 12.0 Å². The summed E-state index contributed by atoms with van der Waals surface area (Å²) in [6.45, 7) is 6.74. The summed E-state index contributed by atoms with van der Waals surface area (Å²) >= 11 is 0. The van der Waals surface area contributed by atoms with E-state index in [0.29, 0.717) is 37.0 Å².